The highest BCUT2D eigenvalue weighted by molar-refractivity contribution is 9.10. The Bertz CT molecular complexity index is 1230. The maximum Gasteiger partial charge on any atom is 0.253 e. The third-order valence-electron chi connectivity index (χ3n) is 4.29. The first kappa shape index (κ1) is 26.1. The molecule has 0 atom stereocenters. The molecule has 34 heavy (non-hydrogen) atoms. The Hall–Kier alpha value is -2.47. The van der Waals surface area contributed by atoms with Crippen LogP contribution >= 0.6 is 50.9 Å². The number of carbonyl (C=O) groups excluding carboxylic acids is 2. The van der Waals surface area contributed by atoms with Crippen LogP contribution in [0.3, 0.4) is 0 Å². The predicted octanol–water partition coefficient (Wildman–Crippen LogP) is 5.47. The van der Waals surface area contributed by atoms with Crippen LogP contribution in [-0.2, 0) is 17.9 Å². The fourth-order valence-electron chi connectivity index (χ4n) is 2.76. The summed E-state index contributed by atoms with van der Waals surface area (Å²) in [7, 11) is 0. The van der Waals surface area contributed by atoms with Crippen molar-refractivity contribution < 1.29 is 18.4 Å². The highest BCUT2D eigenvalue weighted by Crippen LogP contribution is 2.27. The average Bonchev–Trinajstić information content (AvgIpc) is 3.15. The number of allylic oxidation sites excluding steroid dienone is 1. The molecule has 0 spiro atoms. The predicted molar refractivity (Wildman–Crippen MR) is 131 cm³/mol. The molecule has 13 heteroatoms. The summed E-state index contributed by atoms with van der Waals surface area (Å²) in [5, 5.41) is 14.3. The van der Waals surface area contributed by atoms with E-state index in [-0.39, 0.29) is 33.0 Å². The lowest BCUT2D eigenvalue weighted by Gasteiger charge is -2.10. The van der Waals surface area contributed by atoms with E-state index in [1.54, 1.807) is 16.7 Å². The van der Waals surface area contributed by atoms with Crippen LogP contribution in [0.5, 0.6) is 0 Å². The minimum absolute atomic E-state index is 0.0408. The Balaban J connectivity index is 1.65. The molecule has 3 aromatic rings. The number of carbonyl (C=O) groups is 2. The molecule has 178 valence electrons. The van der Waals surface area contributed by atoms with Crippen molar-refractivity contribution in [3.05, 3.63) is 80.5 Å². The molecule has 7 nitrogen and oxygen atoms in total. The molecule has 0 fully saturated rings. The minimum Gasteiger partial charge on any atom is -0.345 e. The smallest absolute Gasteiger partial charge is 0.253 e. The second-order valence-electron chi connectivity index (χ2n) is 6.69. The molecule has 1 aromatic heterocycles. The molecule has 0 bridgehead atoms. The fraction of sp³-hybridized carbons (Fsp3) is 0.143. The maximum atomic E-state index is 13.9. The van der Waals surface area contributed by atoms with E-state index < -0.39 is 23.4 Å². The van der Waals surface area contributed by atoms with Crippen molar-refractivity contribution >= 4 is 68.4 Å². The maximum absolute atomic E-state index is 13.9. The molecule has 3 rings (SSSR count). The summed E-state index contributed by atoms with van der Waals surface area (Å²) in [6.07, 6.45) is 1.61. The van der Waals surface area contributed by atoms with Gasteiger partial charge in [-0.15, -0.1) is 16.8 Å². The Morgan fingerprint density at radius 1 is 1.21 bits per heavy atom. The highest BCUT2D eigenvalue weighted by atomic mass is 79.9. The molecule has 2 amide bonds. The topological polar surface area (TPSA) is 88.9 Å². The number of amides is 2. The molecule has 0 aliphatic heterocycles. The largest absolute Gasteiger partial charge is 0.345 e. The van der Waals surface area contributed by atoms with E-state index in [4.69, 9.17) is 23.2 Å². The van der Waals surface area contributed by atoms with Crippen LogP contribution in [-0.4, -0.2) is 32.3 Å². The van der Waals surface area contributed by atoms with Crippen LogP contribution in [0.1, 0.15) is 16.2 Å². The van der Waals surface area contributed by atoms with Gasteiger partial charge in [0.05, 0.1) is 28.6 Å². The molecule has 0 aliphatic carbocycles. The van der Waals surface area contributed by atoms with Crippen molar-refractivity contribution in [1.29, 1.82) is 0 Å². The summed E-state index contributed by atoms with van der Waals surface area (Å²) in [5.41, 5.74) is 0.0927. The summed E-state index contributed by atoms with van der Waals surface area (Å²) in [5.74, 6) is -2.32. The van der Waals surface area contributed by atoms with Gasteiger partial charge in [0.15, 0.2) is 16.8 Å². The third-order valence-corrected chi connectivity index (χ3v) is 6.43. The van der Waals surface area contributed by atoms with Crippen LogP contribution in [0.25, 0.3) is 0 Å². The number of benzene rings is 2. The zero-order valence-electron chi connectivity index (χ0n) is 17.2. The minimum atomic E-state index is -0.904. The number of thioether (sulfide) groups is 1. The molecule has 0 unspecified atom stereocenters. The molecule has 1 heterocycles. The zero-order chi connectivity index (χ0) is 24.8. The molecular weight excluding hydrogens is 575 g/mol. The fourth-order valence-corrected chi connectivity index (χ4v) is 4.53. The normalized spacial score (nSPS) is 10.7. The quantitative estimate of drug-likeness (QED) is 0.255. The van der Waals surface area contributed by atoms with Gasteiger partial charge in [-0.3, -0.25) is 9.59 Å². The van der Waals surface area contributed by atoms with Gasteiger partial charge in [0.2, 0.25) is 5.91 Å². The van der Waals surface area contributed by atoms with Gasteiger partial charge >= 0.3 is 0 Å². The zero-order valence-corrected chi connectivity index (χ0v) is 21.2. The van der Waals surface area contributed by atoms with Gasteiger partial charge in [-0.2, -0.15) is 0 Å². The van der Waals surface area contributed by atoms with Crippen LogP contribution in [0.15, 0.2) is 52.6 Å². The van der Waals surface area contributed by atoms with Crippen molar-refractivity contribution in [3.8, 4) is 0 Å². The molecule has 0 aliphatic rings. The van der Waals surface area contributed by atoms with E-state index in [0.29, 0.717) is 28.6 Å². The van der Waals surface area contributed by atoms with E-state index in [2.05, 4.69) is 43.3 Å². The number of rotatable bonds is 9. The Labute approximate surface area is 216 Å². The van der Waals surface area contributed by atoms with Crippen LogP contribution in [0, 0.1) is 11.6 Å². The molecule has 0 saturated heterocycles. The van der Waals surface area contributed by atoms with Gasteiger partial charge in [0.25, 0.3) is 5.91 Å². The van der Waals surface area contributed by atoms with Crippen molar-refractivity contribution in [2.45, 2.75) is 18.2 Å². The SMILES string of the molecule is C=CCn1c(CNC(=O)c2ccc(Cl)cc2Cl)nnc1SCC(=O)Nc1c(F)cc(F)cc1Br. The van der Waals surface area contributed by atoms with E-state index in [1.165, 1.54) is 12.1 Å². The number of hydrogen-bond acceptors (Lipinski definition) is 5. The first-order valence-electron chi connectivity index (χ1n) is 9.53. The summed E-state index contributed by atoms with van der Waals surface area (Å²) in [4.78, 5) is 24.8. The van der Waals surface area contributed by atoms with Gasteiger partial charge in [0, 0.05) is 22.1 Å². The molecule has 0 radical (unpaired) electrons. The summed E-state index contributed by atoms with van der Waals surface area (Å²) in [6.45, 7) is 4.06. The highest BCUT2D eigenvalue weighted by Gasteiger charge is 2.17. The molecular formula is C21H16BrCl2F2N5O2S. The summed E-state index contributed by atoms with van der Waals surface area (Å²) < 4.78 is 28.9. The summed E-state index contributed by atoms with van der Waals surface area (Å²) >= 11 is 16.0. The molecule has 2 N–H and O–H groups in total. The number of aromatic nitrogens is 3. The van der Waals surface area contributed by atoms with Crippen molar-refractivity contribution in [2.75, 3.05) is 11.1 Å². The van der Waals surface area contributed by atoms with Gasteiger partial charge in [-0.1, -0.05) is 41.0 Å². The van der Waals surface area contributed by atoms with E-state index >= 15 is 0 Å². The lowest BCUT2D eigenvalue weighted by Crippen LogP contribution is -2.25. The number of halogens is 5. The van der Waals surface area contributed by atoms with Crippen LogP contribution in [0.2, 0.25) is 10.0 Å². The van der Waals surface area contributed by atoms with E-state index in [1.807, 2.05) is 0 Å². The lowest BCUT2D eigenvalue weighted by molar-refractivity contribution is -0.113. The number of anilines is 1. The van der Waals surface area contributed by atoms with Crippen molar-refractivity contribution in [1.82, 2.24) is 20.1 Å². The average molecular weight is 591 g/mol. The molecule has 2 aromatic carbocycles. The lowest BCUT2D eigenvalue weighted by atomic mass is 10.2. The first-order chi connectivity index (χ1) is 16.2. The van der Waals surface area contributed by atoms with E-state index in [9.17, 15) is 18.4 Å². The Kier molecular flexibility index (Phi) is 9.06. The number of hydrogen-bond donors (Lipinski definition) is 2. The second kappa shape index (κ2) is 11.8. The summed E-state index contributed by atoms with van der Waals surface area (Å²) in [6, 6.07) is 6.25. The third kappa shape index (κ3) is 6.56. The van der Waals surface area contributed by atoms with Gasteiger partial charge in [0.1, 0.15) is 5.82 Å². The second-order valence-corrected chi connectivity index (χ2v) is 9.33. The van der Waals surface area contributed by atoms with Gasteiger partial charge < -0.3 is 15.2 Å². The monoisotopic (exact) mass is 589 g/mol. The first-order valence-corrected chi connectivity index (χ1v) is 12.1. The molecule has 0 saturated carbocycles. The van der Waals surface area contributed by atoms with Crippen LogP contribution < -0.4 is 10.6 Å². The van der Waals surface area contributed by atoms with Gasteiger partial charge in [-0.05, 0) is 40.2 Å². The van der Waals surface area contributed by atoms with Gasteiger partial charge in [-0.25, -0.2) is 8.78 Å². The standard InChI is InChI=1S/C21H16BrCl2F2N5O2S/c1-2-5-31-17(9-27-20(33)13-4-3-11(23)6-15(13)24)29-30-21(31)34-10-18(32)28-19-14(22)7-12(25)8-16(19)26/h2-4,6-8H,1,5,9-10H2,(H,27,33)(H,28,32). The van der Waals surface area contributed by atoms with Crippen LogP contribution in [0.4, 0.5) is 14.5 Å². The Morgan fingerprint density at radius 2 is 1.97 bits per heavy atom. The van der Waals surface area contributed by atoms with Crippen molar-refractivity contribution in [3.63, 3.8) is 0 Å². The number of nitrogens with one attached hydrogen (secondary N) is 2. The Morgan fingerprint density at radius 3 is 2.65 bits per heavy atom. The van der Waals surface area contributed by atoms with E-state index in [0.717, 1.165) is 17.8 Å². The van der Waals surface area contributed by atoms with Crippen molar-refractivity contribution in [2.24, 2.45) is 0 Å². The number of nitrogens with zero attached hydrogens (tertiary/aromatic N) is 3.